The van der Waals surface area contributed by atoms with Crippen molar-refractivity contribution in [2.45, 2.75) is 13.3 Å². The van der Waals surface area contributed by atoms with Gasteiger partial charge in [-0.2, -0.15) is 10.2 Å². The van der Waals surface area contributed by atoms with Gasteiger partial charge in [0.15, 0.2) is 6.73 Å². The first-order valence-electron chi connectivity index (χ1n) is 8.95. The number of anilines is 1. The molecule has 0 unspecified atom stereocenters. The number of ether oxygens (including phenoxy) is 1. The molecule has 0 aliphatic carbocycles. The van der Waals surface area contributed by atoms with Gasteiger partial charge in [-0.15, -0.1) is 0 Å². The number of benzene rings is 2. The number of rotatable bonds is 7. The molecule has 146 valence electrons. The summed E-state index contributed by atoms with van der Waals surface area (Å²) < 4.78 is 8.92. The van der Waals surface area contributed by atoms with Gasteiger partial charge in [-0.05, 0) is 35.9 Å². The second kappa shape index (κ2) is 8.62. The van der Waals surface area contributed by atoms with Crippen LogP contribution in [0.15, 0.2) is 79.3 Å². The van der Waals surface area contributed by atoms with Crippen LogP contribution in [0, 0.1) is 0 Å². The first kappa shape index (κ1) is 18.8. The zero-order valence-electron chi connectivity index (χ0n) is 15.4. The fourth-order valence-electron chi connectivity index (χ4n) is 2.78. The minimum Gasteiger partial charge on any atom is -0.471 e. The molecule has 2 aromatic carbocycles. The predicted octanol–water partition coefficient (Wildman–Crippen LogP) is 4.07. The maximum Gasteiger partial charge on any atom is 0.274 e. The molecule has 4 aromatic rings. The van der Waals surface area contributed by atoms with Gasteiger partial charge in [-0.25, -0.2) is 4.68 Å². The van der Waals surface area contributed by atoms with Gasteiger partial charge in [0.1, 0.15) is 11.4 Å². The van der Waals surface area contributed by atoms with Crippen LogP contribution >= 0.6 is 11.6 Å². The summed E-state index contributed by atoms with van der Waals surface area (Å²) in [6.07, 6.45) is 4.96. The molecule has 0 fully saturated rings. The van der Waals surface area contributed by atoms with E-state index < -0.39 is 0 Å². The number of halogens is 1. The summed E-state index contributed by atoms with van der Waals surface area (Å²) in [6.45, 7) is 0.730. The third-order valence-electron chi connectivity index (χ3n) is 4.19. The molecule has 2 aromatic heterocycles. The highest BCUT2D eigenvalue weighted by Crippen LogP contribution is 2.16. The second-order valence-electron chi connectivity index (χ2n) is 6.31. The first-order chi connectivity index (χ1) is 14.2. The van der Waals surface area contributed by atoms with E-state index in [2.05, 4.69) is 15.5 Å². The zero-order valence-corrected chi connectivity index (χ0v) is 16.2. The van der Waals surface area contributed by atoms with Crippen LogP contribution in [0.1, 0.15) is 16.1 Å². The average Bonchev–Trinajstić information content (AvgIpc) is 3.38. The molecule has 0 saturated carbocycles. The van der Waals surface area contributed by atoms with Gasteiger partial charge in [0.25, 0.3) is 5.91 Å². The zero-order chi connectivity index (χ0) is 20.1. The summed E-state index contributed by atoms with van der Waals surface area (Å²) in [5, 5.41) is 11.9. The van der Waals surface area contributed by atoms with Crippen LogP contribution in [0.2, 0.25) is 5.02 Å². The number of nitrogens with one attached hydrogen (secondary N) is 1. The van der Waals surface area contributed by atoms with Crippen LogP contribution in [0.4, 0.5) is 5.69 Å². The maximum absolute atomic E-state index is 12.6. The van der Waals surface area contributed by atoms with E-state index in [-0.39, 0.29) is 12.6 Å². The van der Waals surface area contributed by atoms with Crippen molar-refractivity contribution >= 4 is 23.2 Å². The summed E-state index contributed by atoms with van der Waals surface area (Å²) in [5.41, 5.74) is 2.12. The molecule has 0 bridgehead atoms. The van der Waals surface area contributed by atoms with Crippen molar-refractivity contribution in [1.82, 2.24) is 19.6 Å². The normalized spacial score (nSPS) is 10.7. The lowest BCUT2D eigenvalue weighted by Crippen LogP contribution is -2.19. The Morgan fingerprint density at radius 1 is 1.03 bits per heavy atom. The largest absolute Gasteiger partial charge is 0.471 e. The van der Waals surface area contributed by atoms with Gasteiger partial charge >= 0.3 is 0 Å². The molecule has 29 heavy (non-hydrogen) atoms. The number of aromatic nitrogens is 4. The van der Waals surface area contributed by atoms with Crippen LogP contribution < -0.4 is 10.1 Å². The molecular formula is C21H18ClN5O2. The van der Waals surface area contributed by atoms with E-state index in [9.17, 15) is 4.79 Å². The van der Waals surface area contributed by atoms with Crippen molar-refractivity contribution in [1.29, 1.82) is 0 Å². The lowest BCUT2D eigenvalue weighted by molar-refractivity contribution is 0.100. The third kappa shape index (κ3) is 4.83. The molecule has 0 aliphatic heterocycles. The monoisotopic (exact) mass is 407 g/mol. The van der Waals surface area contributed by atoms with Gasteiger partial charge in [0, 0.05) is 17.4 Å². The molecule has 4 rings (SSSR count). The van der Waals surface area contributed by atoms with E-state index >= 15 is 0 Å². The highest BCUT2D eigenvalue weighted by atomic mass is 35.5. The van der Waals surface area contributed by atoms with Crippen molar-refractivity contribution in [3.8, 4) is 5.75 Å². The van der Waals surface area contributed by atoms with Gasteiger partial charge in [-0.3, -0.25) is 9.48 Å². The Morgan fingerprint density at radius 3 is 2.62 bits per heavy atom. The SMILES string of the molecule is O=C(Nc1cnn(Cc2ccccc2)c1)c1ccnn1COc1ccc(Cl)cc1. The van der Waals surface area contributed by atoms with Crippen molar-refractivity contribution in [2.24, 2.45) is 0 Å². The standard InChI is InChI=1S/C21H18ClN5O2/c22-17-6-8-19(9-7-17)29-15-27-20(10-11-23-27)21(28)25-18-12-24-26(14-18)13-16-4-2-1-3-5-16/h1-12,14H,13,15H2,(H,25,28). The minimum atomic E-state index is -0.290. The Hall–Kier alpha value is -3.58. The first-order valence-corrected chi connectivity index (χ1v) is 9.33. The molecule has 0 radical (unpaired) electrons. The number of carbonyl (C=O) groups excluding carboxylic acids is 1. The van der Waals surface area contributed by atoms with Crippen LogP contribution in [-0.2, 0) is 13.3 Å². The fraction of sp³-hybridized carbons (Fsp3) is 0.0952. The van der Waals surface area contributed by atoms with Gasteiger partial charge in [0.05, 0.1) is 18.4 Å². The smallest absolute Gasteiger partial charge is 0.274 e. The Bertz CT molecular complexity index is 1090. The van der Waals surface area contributed by atoms with Crippen LogP contribution in [0.25, 0.3) is 0 Å². The molecule has 1 amide bonds. The van der Waals surface area contributed by atoms with E-state index in [1.807, 2.05) is 30.3 Å². The molecule has 0 aliphatic rings. The van der Waals surface area contributed by atoms with Crippen molar-refractivity contribution in [2.75, 3.05) is 5.32 Å². The van der Waals surface area contributed by atoms with Crippen LogP contribution in [0.3, 0.4) is 0 Å². The maximum atomic E-state index is 12.6. The number of carbonyl (C=O) groups is 1. The Labute approximate surface area is 172 Å². The molecule has 0 atom stereocenters. The van der Waals surface area contributed by atoms with E-state index in [0.717, 1.165) is 5.56 Å². The van der Waals surface area contributed by atoms with E-state index in [0.29, 0.717) is 28.7 Å². The predicted molar refractivity (Wildman–Crippen MR) is 110 cm³/mol. The molecule has 0 spiro atoms. The quantitative estimate of drug-likeness (QED) is 0.501. The summed E-state index contributed by atoms with van der Waals surface area (Å²) in [4.78, 5) is 12.6. The highest BCUT2D eigenvalue weighted by Gasteiger charge is 2.14. The second-order valence-corrected chi connectivity index (χ2v) is 6.75. The number of nitrogens with zero attached hydrogens (tertiary/aromatic N) is 4. The lowest BCUT2D eigenvalue weighted by Gasteiger charge is -2.09. The van der Waals surface area contributed by atoms with Crippen molar-refractivity contribution in [3.63, 3.8) is 0 Å². The minimum absolute atomic E-state index is 0.102. The van der Waals surface area contributed by atoms with Crippen LogP contribution in [-0.4, -0.2) is 25.5 Å². The van der Waals surface area contributed by atoms with Gasteiger partial charge < -0.3 is 10.1 Å². The van der Waals surface area contributed by atoms with Gasteiger partial charge in [-0.1, -0.05) is 41.9 Å². The number of hydrogen-bond donors (Lipinski definition) is 1. The average molecular weight is 408 g/mol. The molecule has 7 nitrogen and oxygen atoms in total. The molecular weight excluding hydrogens is 390 g/mol. The summed E-state index contributed by atoms with van der Waals surface area (Å²) in [6, 6.07) is 18.6. The number of hydrogen-bond acceptors (Lipinski definition) is 4. The lowest BCUT2D eigenvalue weighted by atomic mass is 10.2. The third-order valence-corrected chi connectivity index (χ3v) is 4.45. The van der Waals surface area contributed by atoms with Crippen LogP contribution in [0.5, 0.6) is 5.75 Å². The topological polar surface area (TPSA) is 74.0 Å². The Kier molecular flexibility index (Phi) is 5.58. The summed E-state index contributed by atoms with van der Waals surface area (Å²) in [7, 11) is 0. The number of amides is 1. The van der Waals surface area contributed by atoms with E-state index in [4.69, 9.17) is 16.3 Å². The van der Waals surface area contributed by atoms with E-state index in [1.165, 1.54) is 4.68 Å². The van der Waals surface area contributed by atoms with E-state index in [1.54, 1.807) is 53.6 Å². The fourth-order valence-corrected chi connectivity index (χ4v) is 2.90. The van der Waals surface area contributed by atoms with Crippen molar-refractivity contribution < 1.29 is 9.53 Å². The van der Waals surface area contributed by atoms with Gasteiger partial charge in [0.2, 0.25) is 0 Å². The highest BCUT2D eigenvalue weighted by molar-refractivity contribution is 6.30. The van der Waals surface area contributed by atoms with Crippen molar-refractivity contribution in [3.05, 3.63) is 95.5 Å². The Morgan fingerprint density at radius 2 is 1.83 bits per heavy atom. The molecule has 2 heterocycles. The Balaban J connectivity index is 1.38. The molecule has 1 N–H and O–H groups in total. The summed E-state index contributed by atoms with van der Waals surface area (Å²) >= 11 is 5.87. The molecule has 8 heteroatoms. The summed E-state index contributed by atoms with van der Waals surface area (Å²) in [5.74, 6) is 0.347. The molecule has 0 saturated heterocycles.